The van der Waals surface area contributed by atoms with Gasteiger partial charge in [-0.2, -0.15) is 0 Å². The first-order chi connectivity index (χ1) is 15.6. The summed E-state index contributed by atoms with van der Waals surface area (Å²) in [5, 5.41) is 5.42. The lowest BCUT2D eigenvalue weighted by Gasteiger charge is -2.10. The molecule has 0 aliphatic heterocycles. The molecule has 2 amide bonds. The fourth-order valence-electron chi connectivity index (χ4n) is 2.86. The summed E-state index contributed by atoms with van der Waals surface area (Å²) in [5.74, 6) is -1.67. The van der Waals surface area contributed by atoms with E-state index in [9.17, 15) is 19.2 Å². The molecule has 0 radical (unpaired) electrons. The number of ether oxygens (including phenoxy) is 2. The average molecular weight is 455 g/mol. The quantitative estimate of drug-likeness (QED) is 0.522. The van der Waals surface area contributed by atoms with E-state index in [4.69, 9.17) is 9.47 Å². The number of anilines is 2. The number of aryl methyl sites for hydroxylation is 2. The molecule has 0 saturated carbocycles. The van der Waals surface area contributed by atoms with Crippen molar-refractivity contribution >= 4 is 35.1 Å². The largest absolute Gasteiger partial charge is 0.459 e. The second kappa shape index (κ2) is 12.4. The first-order valence-corrected chi connectivity index (χ1v) is 10.8. The SMILES string of the molecule is Cc1ccc(C)c(NC(=O)COC(=O)CCCC(=O)Nc2ccc(C(=O)OC(C)C)cc2)c1. The van der Waals surface area contributed by atoms with E-state index in [2.05, 4.69) is 10.6 Å². The van der Waals surface area contributed by atoms with Crippen molar-refractivity contribution in [3.05, 3.63) is 59.2 Å². The molecule has 0 spiro atoms. The fraction of sp³-hybridized carbons (Fsp3) is 0.360. The molecule has 0 fully saturated rings. The fourth-order valence-corrected chi connectivity index (χ4v) is 2.86. The van der Waals surface area contributed by atoms with Gasteiger partial charge in [-0.15, -0.1) is 0 Å². The van der Waals surface area contributed by atoms with Crippen LogP contribution >= 0.6 is 0 Å². The second-order valence-corrected chi connectivity index (χ2v) is 7.96. The zero-order chi connectivity index (χ0) is 24.4. The maximum atomic E-state index is 12.1. The highest BCUT2D eigenvalue weighted by Gasteiger charge is 2.12. The number of carbonyl (C=O) groups excluding carboxylic acids is 4. The van der Waals surface area contributed by atoms with Crippen molar-refractivity contribution in [1.82, 2.24) is 0 Å². The Morgan fingerprint density at radius 3 is 2.24 bits per heavy atom. The summed E-state index contributed by atoms with van der Waals surface area (Å²) in [5.41, 5.74) is 3.53. The van der Waals surface area contributed by atoms with Crippen LogP contribution in [0.5, 0.6) is 0 Å². The number of rotatable bonds is 10. The number of amides is 2. The molecule has 2 N–H and O–H groups in total. The molecule has 0 aliphatic rings. The molecule has 0 aromatic heterocycles. The van der Waals surface area contributed by atoms with E-state index >= 15 is 0 Å². The van der Waals surface area contributed by atoms with Crippen molar-refractivity contribution in [3.63, 3.8) is 0 Å². The van der Waals surface area contributed by atoms with Gasteiger partial charge >= 0.3 is 11.9 Å². The highest BCUT2D eigenvalue weighted by molar-refractivity contribution is 5.94. The molecule has 33 heavy (non-hydrogen) atoms. The van der Waals surface area contributed by atoms with Crippen molar-refractivity contribution in [2.24, 2.45) is 0 Å². The lowest BCUT2D eigenvalue weighted by atomic mass is 10.1. The van der Waals surface area contributed by atoms with Crippen LogP contribution in [-0.4, -0.2) is 36.5 Å². The molecule has 0 unspecified atom stereocenters. The lowest BCUT2D eigenvalue weighted by Crippen LogP contribution is -2.21. The Hall–Kier alpha value is -3.68. The molecule has 0 saturated heterocycles. The van der Waals surface area contributed by atoms with Gasteiger partial charge < -0.3 is 20.1 Å². The Kier molecular flexibility index (Phi) is 9.60. The smallest absolute Gasteiger partial charge is 0.338 e. The van der Waals surface area contributed by atoms with Crippen molar-refractivity contribution in [3.8, 4) is 0 Å². The number of hydrogen-bond acceptors (Lipinski definition) is 6. The van der Waals surface area contributed by atoms with E-state index in [1.165, 1.54) is 0 Å². The molecular weight excluding hydrogens is 424 g/mol. The molecular formula is C25H30N2O6. The zero-order valence-electron chi connectivity index (χ0n) is 19.4. The van der Waals surface area contributed by atoms with Crippen LogP contribution in [0, 0.1) is 13.8 Å². The van der Waals surface area contributed by atoms with E-state index in [-0.39, 0.29) is 37.9 Å². The van der Waals surface area contributed by atoms with E-state index in [0.29, 0.717) is 16.9 Å². The molecule has 8 heteroatoms. The van der Waals surface area contributed by atoms with Gasteiger partial charge in [-0.1, -0.05) is 12.1 Å². The average Bonchev–Trinajstić information content (AvgIpc) is 2.75. The predicted molar refractivity (Wildman–Crippen MR) is 125 cm³/mol. The van der Waals surface area contributed by atoms with Crippen LogP contribution in [0.4, 0.5) is 11.4 Å². The molecule has 2 aromatic carbocycles. The Morgan fingerprint density at radius 1 is 0.879 bits per heavy atom. The number of hydrogen-bond donors (Lipinski definition) is 2. The van der Waals surface area contributed by atoms with Gasteiger partial charge in [-0.25, -0.2) is 4.79 Å². The number of esters is 2. The van der Waals surface area contributed by atoms with E-state index in [1.807, 2.05) is 32.0 Å². The Balaban J connectivity index is 1.67. The first-order valence-electron chi connectivity index (χ1n) is 10.8. The monoisotopic (exact) mass is 454 g/mol. The molecule has 0 atom stereocenters. The van der Waals surface area contributed by atoms with Gasteiger partial charge in [0.15, 0.2) is 6.61 Å². The Bertz CT molecular complexity index is 998. The third-order valence-corrected chi connectivity index (χ3v) is 4.56. The summed E-state index contributed by atoms with van der Waals surface area (Å²) in [4.78, 5) is 47.8. The molecule has 8 nitrogen and oxygen atoms in total. The minimum Gasteiger partial charge on any atom is -0.459 e. The van der Waals surface area contributed by atoms with E-state index < -0.39 is 17.8 Å². The minimum atomic E-state index is -0.549. The topological polar surface area (TPSA) is 111 Å². The van der Waals surface area contributed by atoms with Crippen molar-refractivity contribution in [2.45, 2.75) is 53.1 Å². The van der Waals surface area contributed by atoms with Crippen LogP contribution in [0.2, 0.25) is 0 Å². The van der Waals surface area contributed by atoms with Gasteiger partial charge in [0.1, 0.15) is 0 Å². The third-order valence-electron chi connectivity index (χ3n) is 4.56. The zero-order valence-corrected chi connectivity index (χ0v) is 19.4. The molecule has 0 bridgehead atoms. The van der Waals surface area contributed by atoms with Crippen LogP contribution in [0.3, 0.4) is 0 Å². The third kappa shape index (κ3) is 9.14. The summed E-state index contributed by atoms with van der Waals surface area (Å²) in [7, 11) is 0. The van der Waals surface area contributed by atoms with Gasteiger partial charge in [0.05, 0.1) is 11.7 Å². The Morgan fingerprint density at radius 2 is 1.58 bits per heavy atom. The maximum Gasteiger partial charge on any atom is 0.338 e. The van der Waals surface area contributed by atoms with Crippen LogP contribution in [0.1, 0.15) is 54.6 Å². The van der Waals surface area contributed by atoms with Crippen LogP contribution in [0.25, 0.3) is 0 Å². The highest BCUT2D eigenvalue weighted by Crippen LogP contribution is 2.16. The van der Waals surface area contributed by atoms with Gasteiger partial charge in [-0.3, -0.25) is 14.4 Å². The molecule has 0 heterocycles. The van der Waals surface area contributed by atoms with E-state index in [1.54, 1.807) is 38.1 Å². The molecule has 0 aliphatic carbocycles. The van der Waals surface area contributed by atoms with Gasteiger partial charge in [0, 0.05) is 24.2 Å². The molecule has 2 aromatic rings. The maximum absolute atomic E-state index is 12.1. The summed E-state index contributed by atoms with van der Waals surface area (Å²) in [6.07, 6.45) is 0.197. The number of carbonyl (C=O) groups is 4. The first kappa shape index (κ1) is 25.6. The van der Waals surface area contributed by atoms with Crippen LogP contribution in [0.15, 0.2) is 42.5 Å². The predicted octanol–water partition coefficient (Wildman–Crippen LogP) is 4.16. The summed E-state index contributed by atoms with van der Waals surface area (Å²) in [6.45, 7) is 6.95. The lowest BCUT2D eigenvalue weighted by molar-refractivity contribution is -0.147. The highest BCUT2D eigenvalue weighted by atomic mass is 16.5. The van der Waals surface area contributed by atoms with Crippen LogP contribution < -0.4 is 10.6 Å². The van der Waals surface area contributed by atoms with Crippen molar-refractivity contribution in [2.75, 3.05) is 17.2 Å². The van der Waals surface area contributed by atoms with Gasteiger partial charge in [0.25, 0.3) is 5.91 Å². The molecule has 176 valence electrons. The number of nitrogens with one attached hydrogen (secondary N) is 2. The number of benzene rings is 2. The normalized spacial score (nSPS) is 10.5. The summed E-state index contributed by atoms with van der Waals surface area (Å²) >= 11 is 0. The minimum absolute atomic E-state index is 0.0180. The standard InChI is InChI=1S/C25H30N2O6/c1-16(2)33-25(31)19-10-12-20(13-11-19)26-22(28)6-5-7-24(30)32-15-23(29)27-21-14-17(3)8-9-18(21)4/h8-14,16H,5-7,15H2,1-4H3,(H,26,28)(H,27,29). The van der Waals surface area contributed by atoms with Crippen molar-refractivity contribution in [1.29, 1.82) is 0 Å². The van der Waals surface area contributed by atoms with Crippen LogP contribution in [-0.2, 0) is 23.9 Å². The summed E-state index contributed by atoms with van der Waals surface area (Å²) < 4.78 is 10.1. The van der Waals surface area contributed by atoms with Crippen molar-refractivity contribution < 1.29 is 28.7 Å². The van der Waals surface area contributed by atoms with Gasteiger partial charge in [-0.05, 0) is 75.6 Å². The van der Waals surface area contributed by atoms with E-state index in [0.717, 1.165) is 11.1 Å². The van der Waals surface area contributed by atoms with Gasteiger partial charge in [0.2, 0.25) is 5.91 Å². The molecule has 2 rings (SSSR count). The Labute approximate surface area is 193 Å². The second-order valence-electron chi connectivity index (χ2n) is 7.96. The summed E-state index contributed by atoms with van der Waals surface area (Å²) in [6, 6.07) is 12.0.